The van der Waals surface area contributed by atoms with Crippen LogP contribution in [0.2, 0.25) is 0 Å². The minimum atomic E-state index is 0.543. The van der Waals surface area contributed by atoms with E-state index in [0.717, 1.165) is 25.9 Å². The summed E-state index contributed by atoms with van der Waals surface area (Å²) in [6.07, 6.45) is 2.07. The fraction of sp³-hybridized carbons (Fsp3) is 0.812. The Morgan fingerprint density at radius 2 is 1.85 bits per heavy atom. The number of hydrogen-bond acceptors (Lipinski definition) is 2. The Kier molecular flexibility index (Phi) is 7.24. The molecule has 1 N–H and O–H groups in total. The first-order chi connectivity index (χ1) is 9.40. The molecule has 0 amide bonds. The van der Waals surface area contributed by atoms with Crippen molar-refractivity contribution in [1.29, 1.82) is 0 Å². The molecule has 0 radical (unpaired) electrons. The summed E-state index contributed by atoms with van der Waals surface area (Å²) in [5.41, 5.74) is 2.54. The highest BCUT2D eigenvalue weighted by Crippen LogP contribution is 2.27. The number of nitrogens with zero attached hydrogens (tertiary/aromatic N) is 2. The quantitative estimate of drug-likeness (QED) is 0.771. The van der Waals surface area contributed by atoms with Crippen LogP contribution in [0.1, 0.15) is 52.9 Å². The zero-order valence-corrected chi connectivity index (χ0v) is 15.4. The summed E-state index contributed by atoms with van der Waals surface area (Å²) in [5, 5.41) is 8.28. The number of nitrogens with one attached hydrogen (secondary N) is 1. The van der Waals surface area contributed by atoms with Crippen LogP contribution in [0.25, 0.3) is 0 Å². The molecule has 1 aromatic heterocycles. The second kappa shape index (κ2) is 8.18. The van der Waals surface area contributed by atoms with E-state index in [1.807, 2.05) is 0 Å². The van der Waals surface area contributed by atoms with E-state index in [0.29, 0.717) is 17.9 Å². The maximum Gasteiger partial charge on any atom is 0.0766 e. The average Bonchev–Trinajstić information content (AvgIpc) is 2.70. The molecule has 1 aromatic rings. The van der Waals surface area contributed by atoms with Gasteiger partial charge in [-0.25, -0.2) is 0 Å². The van der Waals surface area contributed by atoms with Crippen molar-refractivity contribution in [2.24, 2.45) is 11.8 Å². The van der Waals surface area contributed by atoms with Crippen LogP contribution in [0.3, 0.4) is 0 Å². The van der Waals surface area contributed by atoms with Gasteiger partial charge in [0.25, 0.3) is 0 Å². The van der Waals surface area contributed by atoms with Gasteiger partial charge in [0.2, 0.25) is 0 Å². The van der Waals surface area contributed by atoms with Gasteiger partial charge in [0.05, 0.1) is 15.9 Å². The van der Waals surface area contributed by atoms with E-state index in [2.05, 4.69) is 67.5 Å². The van der Waals surface area contributed by atoms with Crippen molar-refractivity contribution < 1.29 is 0 Å². The molecule has 0 saturated heterocycles. The lowest BCUT2D eigenvalue weighted by Gasteiger charge is -2.23. The second-order valence-corrected chi connectivity index (χ2v) is 6.94. The lowest BCUT2D eigenvalue weighted by molar-refractivity contribution is 0.341. The smallest absolute Gasteiger partial charge is 0.0766 e. The first-order valence-electron chi connectivity index (χ1n) is 7.88. The van der Waals surface area contributed by atoms with Gasteiger partial charge in [-0.1, -0.05) is 34.6 Å². The van der Waals surface area contributed by atoms with Crippen LogP contribution in [0.15, 0.2) is 4.47 Å². The molecule has 1 unspecified atom stereocenters. The Labute approximate surface area is 132 Å². The van der Waals surface area contributed by atoms with Crippen molar-refractivity contribution in [3.8, 4) is 0 Å². The maximum absolute atomic E-state index is 4.70. The van der Waals surface area contributed by atoms with Gasteiger partial charge in [-0.2, -0.15) is 5.10 Å². The second-order valence-electron chi connectivity index (χ2n) is 6.15. The van der Waals surface area contributed by atoms with E-state index in [-0.39, 0.29) is 0 Å². The van der Waals surface area contributed by atoms with Gasteiger partial charge in [-0.05, 0) is 54.1 Å². The predicted molar refractivity (Wildman–Crippen MR) is 90.1 cm³/mol. The van der Waals surface area contributed by atoms with Gasteiger partial charge >= 0.3 is 0 Å². The summed E-state index contributed by atoms with van der Waals surface area (Å²) >= 11 is 3.76. The predicted octanol–water partition coefficient (Wildman–Crippen LogP) is 4.04. The van der Waals surface area contributed by atoms with E-state index < -0.39 is 0 Å². The van der Waals surface area contributed by atoms with Crippen molar-refractivity contribution in [1.82, 2.24) is 15.1 Å². The van der Waals surface area contributed by atoms with Crippen molar-refractivity contribution >= 4 is 15.9 Å². The summed E-state index contributed by atoms with van der Waals surface area (Å²) in [6.45, 7) is 15.4. The maximum atomic E-state index is 4.70. The van der Waals surface area contributed by atoms with Crippen LogP contribution >= 0.6 is 15.9 Å². The van der Waals surface area contributed by atoms with E-state index >= 15 is 0 Å². The van der Waals surface area contributed by atoms with Crippen molar-refractivity contribution in [2.45, 2.75) is 67.0 Å². The average molecular weight is 344 g/mol. The summed E-state index contributed by atoms with van der Waals surface area (Å²) in [4.78, 5) is 0. The molecule has 116 valence electrons. The zero-order valence-electron chi connectivity index (χ0n) is 13.8. The van der Waals surface area contributed by atoms with E-state index in [1.54, 1.807) is 0 Å². The number of rotatable bonds is 8. The van der Waals surface area contributed by atoms with E-state index in [9.17, 15) is 0 Å². The number of halogens is 1. The molecule has 0 aliphatic carbocycles. The molecule has 0 saturated carbocycles. The molecule has 0 aliphatic rings. The lowest BCUT2D eigenvalue weighted by atomic mass is 9.90. The number of aromatic nitrogens is 2. The highest BCUT2D eigenvalue weighted by molar-refractivity contribution is 9.10. The minimum Gasteiger partial charge on any atom is -0.314 e. The van der Waals surface area contributed by atoms with E-state index in [1.165, 1.54) is 15.9 Å². The van der Waals surface area contributed by atoms with Gasteiger partial charge in [0.15, 0.2) is 0 Å². The van der Waals surface area contributed by atoms with Crippen LogP contribution < -0.4 is 5.32 Å². The topological polar surface area (TPSA) is 29.9 Å². The minimum absolute atomic E-state index is 0.543. The molecule has 20 heavy (non-hydrogen) atoms. The monoisotopic (exact) mass is 343 g/mol. The molecule has 0 aliphatic heterocycles. The van der Waals surface area contributed by atoms with Gasteiger partial charge < -0.3 is 5.32 Å². The summed E-state index contributed by atoms with van der Waals surface area (Å²) in [6, 6.07) is 0.543. The largest absolute Gasteiger partial charge is 0.314 e. The molecule has 1 heterocycles. The van der Waals surface area contributed by atoms with Gasteiger partial charge in [-0.3, -0.25) is 4.68 Å². The van der Waals surface area contributed by atoms with Gasteiger partial charge in [-0.15, -0.1) is 0 Å². The van der Waals surface area contributed by atoms with Crippen LogP contribution in [0.4, 0.5) is 0 Å². The summed E-state index contributed by atoms with van der Waals surface area (Å²) in [5.74, 6) is 1.30. The first kappa shape index (κ1) is 17.7. The molecular formula is C16H30BrN3. The number of aryl methyl sites for hydroxylation is 2. The third kappa shape index (κ3) is 4.59. The number of hydrogen-bond donors (Lipinski definition) is 1. The molecule has 0 fully saturated rings. The SMILES string of the molecule is CCc1nn(CC)c(CC(CNC(C)C)C(C)C)c1Br. The molecule has 0 aromatic carbocycles. The Morgan fingerprint density at radius 3 is 2.30 bits per heavy atom. The van der Waals surface area contributed by atoms with Gasteiger partial charge in [0, 0.05) is 12.6 Å². The van der Waals surface area contributed by atoms with Crippen LogP contribution in [-0.4, -0.2) is 22.4 Å². The fourth-order valence-corrected chi connectivity index (χ4v) is 3.12. The fourth-order valence-electron chi connectivity index (χ4n) is 2.39. The van der Waals surface area contributed by atoms with Crippen LogP contribution in [0, 0.1) is 11.8 Å². The standard InChI is InChI=1S/C16H30BrN3/c1-7-14-16(17)15(20(8-2)19-14)9-13(11(3)4)10-18-12(5)6/h11-13,18H,7-10H2,1-6H3. The Bertz CT molecular complexity index is 410. The molecule has 4 heteroatoms. The summed E-state index contributed by atoms with van der Waals surface area (Å²) < 4.78 is 3.38. The Balaban J connectivity index is 2.89. The third-order valence-electron chi connectivity index (χ3n) is 3.88. The molecule has 1 atom stereocenters. The van der Waals surface area contributed by atoms with Crippen molar-refractivity contribution in [3.63, 3.8) is 0 Å². The van der Waals surface area contributed by atoms with E-state index in [4.69, 9.17) is 5.10 Å². The molecule has 0 bridgehead atoms. The normalized spacial score (nSPS) is 13.4. The molecule has 3 nitrogen and oxygen atoms in total. The first-order valence-corrected chi connectivity index (χ1v) is 8.67. The Hall–Kier alpha value is -0.350. The van der Waals surface area contributed by atoms with Crippen LogP contribution in [0.5, 0.6) is 0 Å². The summed E-state index contributed by atoms with van der Waals surface area (Å²) in [7, 11) is 0. The molecule has 0 spiro atoms. The molecule has 1 rings (SSSR count). The third-order valence-corrected chi connectivity index (χ3v) is 4.80. The lowest BCUT2D eigenvalue weighted by Crippen LogP contribution is -2.32. The van der Waals surface area contributed by atoms with Crippen molar-refractivity contribution in [3.05, 3.63) is 15.9 Å². The highest BCUT2D eigenvalue weighted by Gasteiger charge is 2.20. The Morgan fingerprint density at radius 1 is 1.20 bits per heavy atom. The zero-order chi connectivity index (χ0) is 15.3. The van der Waals surface area contributed by atoms with Gasteiger partial charge in [0.1, 0.15) is 0 Å². The highest BCUT2D eigenvalue weighted by atomic mass is 79.9. The van der Waals surface area contributed by atoms with Crippen molar-refractivity contribution in [2.75, 3.05) is 6.54 Å². The molecular weight excluding hydrogens is 314 g/mol. The van der Waals surface area contributed by atoms with Crippen LogP contribution in [-0.2, 0) is 19.4 Å².